The molecule has 0 aromatic carbocycles. The maximum absolute atomic E-state index is 12.1. The van der Waals surface area contributed by atoms with Crippen molar-refractivity contribution >= 4 is 27.9 Å². The van der Waals surface area contributed by atoms with Gasteiger partial charge >= 0.3 is 6.09 Å². The Bertz CT molecular complexity index is 482. The molecule has 2 aliphatic carbocycles. The summed E-state index contributed by atoms with van der Waals surface area (Å²) in [6.45, 7) is 6.80. The first kappa shape index (κ1) is 15.1. The van der Waals surface area contributed by atoms with Gasteiger partial charge in [0.25, 0.3) is 0 Å². The van der Waals surface area contributed by atoms with E-state index in [1.165, 1.54) is 6.42 Å². The largest absolute Gasteiger partial charge is 0.446 e. The van der Waals surface area contributed by atoms with Crippen LogP contribution in [0.2, 0.25) is 0 Å². The molecule has 5 nitrogen and oxygen atoms in total. The minimum absolute atomic E-state index is 0.0443. The number of halogens is 1. The molecule has 1 aliphatic heterocycles. The number of hydrogen-bond donors (Lipinski definition) is 2. The van der Waals surface area contributed by atoms with E-state index < -0.39 is 12.1 Å². The highest BCUT2D eigenvalue weighted by Crippen LogP contribution is 2.66. The van der Waals surface area contributed by atoms with Crippen LogP contribution in [0.3, 0.4) is 0 Å². The molecule has 5 unspecified atom stereocenters. The maximum atomic E-state index is 12.1. The Kier molecular flexibility index (Phi) is 3.50. The second kappa shape index (κ2) is 4.86. The Hall–Kier alpha value is -0.780. The number of nitrogens with one attached hydrogen (secondary N) is 2. The minimum atomic E-state index is -0.476. The van der Waals surface area contributed by atoms with Gasteiger partial charge in [0, 0.05) is 10.7 Å². The van der Waals surface area contributed by atoms with Crippen molar-refractivity contribution in [1.29, 1.82) is 0 Å². The molecule has 5 atom stereocenters. The number of carbonyl (C=O) groups is 2. The van der Waals surface area contributed by atoms with Crippen molar-refractivity contribution in [3.63, 3.8) is 0 Å². The number of β-lactam (4-membered cyclic amide) rings is 1. The first-order valence-corrected chi connectivity index (χ1v) is 8.75. The lowest BCUT2D eigenvalue weighted by Crippen LogP contribution is -2.70. The van der Waals surface area contributed by atoms with E-state index in [1.807, 2.05) is 0 Å². The minimum Gasteiger partial charge on any atom is -0.446 e. The van der Waals surface area contributed by atoms with Gasteiger partial charge in [-0.2, -0.15) is 0 Å². The lowest BCUT2D eigenvalue weighted by molar-refractivity contribution is -0.131. The molecule has 2 amide bonds. The van der Waals surface area contributed by atoms with Crippen molar-refractivity contribution in [2.45, 2.75) is 58.2 Å². The highest BCUT2D eigenvalue weighted by atomic mass is 79.9. The van der Waals surface area contributed by atoms with E-state index in [1.54, 1.807) is 0 Å². The van der Waals surface area contributed by atoms with E-state index in [0.29, 0.717) is 11.2 Å². The number of carbonyl (C=O) groups excluding carboxylic acids is 2. The van der Waals surface area contributed by atoms with E-state index in [4.69, 9.17) is 4.74 Å². The smallest absolute Gasteiger partial charge is 0.408 e. The Balaban J connectivity index is 1.61. The SMILES string of the molecule is CC1(C)C2CCC1(C)C(OC(=O)NC1C(=O)NC1CBr)C2. The van der Waals surface area contributed by atoms with Crippen LogP contribution in [0.4, 0.5) is 4.79 Å². The zero-order chi connectivity index (χ0) is 15.4. The van der Waals surface area contributed by atoms with Gasteiger partial charge in [-0.3, -0.25) is 4.79 Å². The average Bonchev–Trinajstić information content (AvgIpc) is 2.75. The summed E-state index contributed by atoms with van der Waals surface area (Å²) in [5, 5.41) is 6.05. The molecule has 0 aromatic rings. The predicted octanol–water partition coefficient (Wildman–Crippen LogP) is 2.19. The molecule has 2 N–H and O–H groups in total. The second-order valence-corrected chi connectivity index (χ2v) is 8.04. The predicted molar refractivity (Wildman–Crippen MR) is 82.1 cm³/mol. The number of alkyl halides is 1. The van der Waals surface area contributed by atoms with Gasteiger partial charge in [0.05, 0.1) is 6.04 Å². The average molecular weight is 359 g/mol. The molecule has 6 heteroatoms. The van der Waals surface area contributed by atoms with E-state index >= 15 is 0 Å². The summed E-state index contributed by atoms with van der Waals surface area (Å²) in [5.41, 5.74) is 0.260. The monoisotopic (exact) mass is 358 g/mol. The highest BCUT2D eigenvalue weighted by molar-refractivity contribution is 9.09. The van der Waals surface area contributed by atoms with Crippen LogP contribution in [-0.2, 0) is 9.53 Å². The van der Waals surface area contributed by atoms with Crippen LogP contribution in [0.15, 0.2) is 0 Å². The summed E-state index contributed by atoms with van der Waals surface area (Å²) in [6.07, 6.45) is 2.76. The molecule has 1 saturated heterocycles. The van der Waals surface area contributed by atoms with Crippen LogP contribution >= 0.6 is 15.9 Å². The van der Waals surface area contributed by atoms with Crippen molar-refractivity contribution in [2.75, 3.05) is 5.33 Å². The third-order valence-electron chi connectivity index (χ3n) is 6.42. The van der Waals surface area contributed by atoms with Crippen molar-refractivity contribution in [3.8, 4) is 0 Å². The number of rotatable bonds is 3. The fourth-order valence-corrected chi connectivity index (χ4v) is 4.87. The maximum Gasteiger partial charge on any atom is 0.408 e. The Morgan fingerprint density at radius 2 is 2.19 bits per heavy atom. The van der Waals surface area contributed by atoms with Gasteiger partial charge in [-0.05, 0) is 30.6 Å². The van der Waals surface area contributed by atoms with Crippen LogP contribution in [0.25, 0.3) is 0 Å². The van der Waals surface area contributed by atoms with Gasteiger partial charge in [-0.15, -0.1) is 0 Å². The van der Waals surface area contributed by atoms with E-state index in [0.717, 1.165) is 12.8 Å². The molecular weight excluding hydrogens is 336 g/mol. The number of fused-ring (bicyclic) bond motifs is 2. The molecule has 21 heavy (non-hydrogen) atoms. The first-order valence-electron chi connectivity index (χ1n) is 7.63. The van der Waals surface area contributed by atoms with Crippen LogP contribution in [0.5, 0.6) is 0 Å². The Morgan fingerprint density at radius 3 is 2.67 bits per heavy atom. The van der Waals surface area contributed by atoms with Crippen molar-refractivity contribution in [2.24, 2.45) is 16.7 Å². The number of ether oxygens (including phenoxy) is 1. The Labute approximate surface area is 133 Å². The van der Waals surface area contributed by atoms with Crippen molar-refractivity contribution in [3.05, 3.63) is 0 Å². The fraction of sp³-hybridized carbons (Fsp3) is 0.867. The van der Waals surface area contributed by atoms with Gasteiger partial charge in [0.15, 0.2) is 0 Å². The zero-order valence-corrected chi connectivity index (χ0v) is 14.3. The molecule has 0 aromatic heterocycles. The summed E-state index contributed by atoms with van der Waals surface area (Å²) in [5.74, 6) is 0.485. The topological polar surface area (TPSA) is 67.4 Å². The third-order valence-corrected chi connectivity index (χ3v) is 7.11. The van der Waals surface area contributed by atoms with Gasteiger partial charge in [-0.25, -0.2) is 4.79 Å². The van der Waals surface area contributed by atoms with Crippen LogP contribution in [-0.4, -0.2) is 35.5 Å². The molecular formula is C15H23BrN2O3. The molecule has 0 radical (unpaired) electrons. The molecule has 2 bridgehead atoms. The van der Waals surface area contributed by atoms with E-state index in [2.05, 4.69) is 47.3 Å². The summed E-state index contributed by atoms with van der Waals surface area (Å²) in [7, 11) is 0. The fourth-order valence-electron chi connectivity index (χ4n) is 4.33. The quantitative estimate of drug-likeness (QED) is 0.600. The van der Waals surface area contributed by atoms with Crippen molar-refractivity contribution < 1.29 is 14.3 Å². The highest BCUT2D eigenvalue weighted by Gasteiger charge is 2.63. The summed E-state index contributed by atoms with van der Waals surface area (Å²) >= 11 is 3.32. The molecule has 118 valence electrons. The third kappa shape index (κ3) is 2.09. The van der Waals surface area contributed by atoms with Crippen molar-refractivity contribution in [1.82, 2.24) is 10.6 Å². The van der Waals surface area contributed by atoms with Gasteiger partial charge in [0.1, 0.15) is 12.1 Å². The lowest BCUT2D eigenvalue weighted by atomic mass is 9.70. The van der Waals surface area contributed by atoms with E-state index in [-0.39, 0.29) is 28.9 Å². The molecule has 3 rings (SSSR count). The van der Waals surface area contributed by atoms with Crippen LogP contribution in [0, 0.1) is 16.7 Å². The molecule has 3 fully saturated rings. The molecule has 1 heterocycles. The van der Waals surface area contributed by atoms with E-state index in [9.17, 15) is 9.59 Å². The number of amides is 2. The number of alkyl carbamates (subject to hydrolysis) is 1. The van der Waals surface area contributed by atoms with Gasteiger partial charge in [0.2, 0.25) is 5.91 Å². The van der Waals surface area contributed by atoms with Crippen LogP contribution < -0.4 is 10.6 Å². The van der Waals surface area contributed by atoms with Crippen LogP contribution in [0.1, 0.15) is 40.0 Å². The molecule has 2 saturated carbocycles. The molecule has 3 aliphatic rings. The summed E-state index contributed by atoms with van der Waals surface area (Å²) in [4.78, 5) is 23.6. The Morgan fingerprint density at radius 1 is 1.48 bits per heavy atom. The summed E-state index contributed by atoms with van der Waals surface area (Å²) < 4.78 is 5.69. The second-order valence-electron chi connectivity index (χ2n) is 7.40. The summed E-state index contributed by atoms with van der Waals surface area (Å²) in [6, 6.07) is -0.520. The first-order chi connectivity index (χ1) is 9.79. The number of hydrogen-bond acceptors (Lipinski definition) is 3. The van der Waals surface area contributed by atoms with Gasteiger partial charge < -0.3 is 15.4 Å². The molecule has 0 spiro atoms. The lowest BCUT2D eigenvalue weighted by Gasteiger charge is -2.39. The normalized spacial score (nSPS) is 43.1. The standard InChI is InChI=1S/C15H23BrN2O3/c1-14(2)8-4-5-15(14,3)10(6-8)21-13(20)18-11-9(7-16)17-12(11)19/h8-11H,4-7H2,1-3H3,(H,17,19)(H,18,20). The van der Waals surface area contributed by atoms with Gasteiger partial charge in [-0.1, -0.05) is 36.7 Å². The zero-order valence-electron chi connectivity index (χ0n) is 12.7.